The Labute approximate surface area is 119 Å². The molecule has 19 heavy (non-hydrogen) atoms. The van der Waals surface area contributed by atoms with Crippen LogP contribution in [0.15, 0.2) is 29.2 Å². The van der Waals surface area contributed by atoms with E-state index in [1.165, 1.54) is 0 Å². The molecule has 0 bridgehead atoms. The number of aliphatic hydroxyl groups is 1. The summed E-state index contributed by atoms with van der Waals surface area (Å²) >= 11 is 1.55. The summed E-state index contributed by atoms with van der Waals surface area (Å²) in [6.45, 7) is 3.62. The van der Waals surface area contributed by atoms with Crippen LogP contribution < -0.4 is 5.32 Å². The van der Waals surface area contributed by atoms with Gasteiger partial charge in [0.2, 0.25) is 0 Å². The Morgan fingerprint density at radius 2 is 2.00 bits per heavy atom. The Balaban J connectivity index is 3.03. The predicted octanol–water partition coefficient (Wildman–Crippen LogP) is 2.00. The van der Waals surface area contributed by atoms with Crippen LogP contribution in [0.5, 0.6) is 0 Å². The number of hydrogen-bond acceptors (Lipinski definition) is 5. The lowest BCUT2D eigenvalue weighted by molar-refractivity contribution is 0.288. The number of sulfone groups is 1. The van der Waals surface area contributed by atoms with Crippen LogP contribution in [0.4, 0.5) is 5.69 Å². The number of anilines is 1. The minimum atomic E-state index is -3.25. The SMILES string of the molecule is CCS(=O)(=O)c1ccccc1NC(C)C(CO)SC. The zero-order valence-corrected chi connectivity index (χ0v) is 13.1. The van der Waals surface area contributed by atoms with Gasteiger partial charge in [-0.05, 0) is 25.3 Å². The minimum absolute atomic E-state index is 0.0202. The first-order valence-corrected chi connectivity index (χ1v) is 9.12. The fourth-order valence-corrected chi connectivity index (χ4v) is 3.47. The zero-order chi connectivity index (χ0) is 14.5. The van der Waals surface area contributed by atoms with Crippen LogP contribution in [-0.4, -0.2) is 43.4 Å². The maximum absolute atomic E-state index is 12.0. The molecule has 1 aromatic carbocycles. The number of benzene rings is 1. The van der Waals surface area contributed by atoms with Crippen molar-refractivity contribution in [3.05, 3.63) is 24.3 Å². The summed E-state index contributed by atoms with van der Waals surface area (Å²) < 4.78 is 24.0. The summed E-state index contributed by atoms with van der Waals surface area (Å²) in [6.07, 6.45) is 1.92. The lowest BCUT2D eigenvalue weighted by atomic mass is 10.2. The Morgan fingerprint density at radius 1 is 1.37 bits per heavy atom. The first-order valence-electron chi connectivity index (χ1n) is 6.18. The van der Waals surface area contributed by atoms with E-state index in [9.17, 15) is 13.5 Å². The highest BCUT2D eigenvalue weighted by Gasteiger charge is 2.20. The number of para-hydroxylation sites is 1. The molecule has 1 aromatic rings. The van der Waals surface area contributed by atoms with Crippen LogP contribution in [0.25, 0.3) is 0 Å². The van der Waals surface area contributed by atoms with Crippen molar-refractivity contribution in [1.82, 2.24) is 0 Å². The standard InChI is InChI=1S/C13H21NO3S2/c1-4-19(16,17)13-8-6-5-7-11(13)14-10(2)12(9-15)18-3/h5-8,10,12,14-15H,4,9H2,1-3H3. The average molecular weight is 303 g/mol. The molecule has 0 aliphatic carbocycles. The molecule has 4 nitrogen and oxygen atoms in total. The van der Waals surface area contributed by atoms with Gasteiger partial charge in [-0.1, -0.05) is 19.1 Å². The van der Waals surface area contributed by atoms with E-state index in [-0.39, 0.29) is 23.7 Å². The molecule has 0 amide bonds. The third-order valence-corrected chi connectivity index (χ3v) is 5.97. The van der Waals surface area contributed by atoms with Gasteiger partial charge >= 0.3 is 0 Å². The van der Waals surface area contributed by atoms with Crippen LogP contribution in [0.2, 0.25) is 0 Å². The van der Waals surface area contributed by atoms with E-state index in [4.69, 9.17) is 0 Å². The summed E-state index contributed by atoms with van der Waals surface area (Å²) in [4.78, 5) is 0.321. The monoisotopic (exact) mass is 303 g/mol. The third kappa shape index (κ3) is 4.12. The second kappa shape index (κ2) is 7.17. The number of aliphatic hydroxyl groups excluding tert-OH is 1. The third-order valence-electron chi connectivity index (χ3n) is 3.03. The first-order chi connectivity index (χ1) is 8.96. The van der Waals surface area contributed by atoms with E-state index in [1.54, 1.807) is 43.0 Å². The zero-order valence-electron chi connectivity index (χ0n) is 11.5. The molecule has 0 saturated carbocycles. The van der Waals surface area contributed by atoms with Crippen molar-refractivity contribution in [1.29, 1.82) is 0 Å². The highest BCUT2D eigenvalue weighted by atomic mass is 32.2. The Morgan fingerprint density at radius 3 is 2.53 bits per heavy atom. The molecule has 0 fully saturated rings. The van der Waals surface area contributed by atoms with Gasteiger partial charge in [0.15, 0.2) is 9.84 Å². The van der Waals surface area contributed by atoms with Gasteiger partial charge in [-0.15, -0.1) is 0 Å². The van der Waals surface area contributed by atoms with Crippen LogP contribution in [-0.2, 0) is 9.84 Å². The molecule has 2 unspecified atom stereocenters. The van der Waals surface area contributed by atoms with Crippen LogP contribution in [0.3, 0.4) is 0 Å². The molecular formula is C13H21NO3S2. The maximum atomic E-state index is 12.0. The van der Waals surface area contributed by atoms with Gasteiger partial charge in [-0.2, -0.15) is 11.8 Å². The molecule has 0 aliphatic heterocycles. The van der Waals surface area contributed by atoms with Crippen molar-refractivity contribution < 1.29 is 13.5 Å². The van der Waals surface area contributed by atoms with Crippen molar-refractivity contribution >= 4 is 27.3 Å². The van der Waals surface area contributed by atoms with Crippen LogP contribution in [0, 0.1) is 0 Å². The molecule has 2 N–H and O–H groups in total. The van der Waals surface area contributed by atoms with Crippen LogP contribution >= 0.6 is 11.8 Å². The maximum Gasteiger partial charge on any atom is 0.180 e. The van der Waals surface area contributed by atoms with Gasteiger partial charge in [-0.25, -0.2) is 8.42 Å². The quantitative estimate of drug-likeness (QED) is 0.806. The van der Waals surface area contributed by atoms with Gasteiger partial charge in [0.1, 0.15) is 0 Å². The summed E-state index contributed by atoms with van der Waals surface area (Å²) in [5, 5.41) is 12.5. The number of thioether (sulfide) groups is 1. The van der Waals surface area contributed by atoms with Gasteiger partial charge < -0.3 is 10.4 Å². The van der Waals surface area contributed by atoms with Crippen molar-refractivity contribution in [2.45, 2.75) is 30.0 Å². The first kappa shape index (κ1) is 16.3. The van der Waals surface area contributed by atoms with Gasteiger partial charge in [0, 0.05) is 11.3 Å². The summed E-state index contributed by atoms with van der Waals surface area (Å²) in [7, 11) is -3.25. The molecule has 0 saturated heterocycles. The topological polar surface area (TPSA) is 66.4 Å². The van der Waals surface area contributed by atoms with E-state index in [0.717, 1.165) is 0 Å². The lowest BCUT2D eigenvalue weighted by Crippen LogP contribution is -2.31. The van der Waals surface area contributed by atoms with Gasteiger partial charge in [-0.3, -0.25) is 0 Å². The number of rotatable bonds is 7. The second-order valence-electron chi connectivity index (χ2n) is 4.29. The number of nitrogens with one attached hydrogen (secondary N) is 1. The summed E-state index contributed by atoms with van der Waals surface area (Å²) in [6, 6.07) is 6.87. The van der Waals surface area contributed by atoms with Crippen molar-refractivity contribution in [3.8, 4) is 0 Å². The average Bonchev–Trinajstić information content (AvgIpc) is 2.40. The molecule has 0 aliphatic rings. The Hall–Kier alpha value is -0.720. The molecule has 6 heteroatoms. The molecule has 1 rings (SSSR count). The van der Waals surface area contributed by atoms with E-state index in [2.05, 4.69) is 5.32 Å². The molecule has 0 radical (unpaired) electrons. The molecular weight excluding hydrogens is 282 g/mol. The molecule has 0 heterocycles. The highest BCUT2D eigenvalue weighted by molar-refractivity contribution is 7.99. The largest absolute Gasteiger partial charge is 0.395 e. The minimum Gasteiger partial charge on any atom is -0.395 e. The van der Waals surface area contributed by atoms with Gasteiger partial charge in [0.25, 0.3) is 0 Å². The Bertz CT molecular complexity index is 498. The molecule has 0 spiro atoms. The van der Waals surface area contributed by atoms with E-state index in [1.807, 2.05) is 13.2 Å². The fourth-order valence-electron chi connectivity index (χ4n) is 1.79. The van der Waals surface area contributed by atoms with Crippen molar-refractivity contribution in [3.63, 3.8) is 0 Å². The molecule has 0 aromatic heterocycles. The van der Waals surface area contributed by atoms with Crippen molar-refractivity contribution in [2.75, 3.05) is 23.9 Å². The second-order valence-corrected chi connectivity index (χ2v) is 7.61. The van der Waals surface area contributed by atoms with E-state index in [0.29, 0.717) is 10.6 Å². The normalized spacial score (nSPS) is 14.9. The Kier molecular flexibility index (Phi) is 6.16. The summed E-state index contributed by atoms with van der Waals surface area (Å²) in [5.74, 6) is 0.0754. The fraction of sp³-hybridized carbons (Fsp3) is 0.538. The predicted molar refractivity (Wildman–Crippen MR) is 81.6 cm³/mol. The number of hydrogen-bond donors (Lipinski definition) is 2. The summed E-state index contributed by atoms with van der Waals surface area (Å²) in [5.41, 5.74) is 0.601. The highest BCUT2D eigenvalue weighted by Crippen LogP contribution is 2.24. The molecule has 2 atom stereocenters. The van der Waals surface area contributed by atoms with Crippen LogP contribution in [0.1, 0.15) is 13.8 Å². The lowest BCUT2D eigenvalue weighted by Gasteiger charge is -2.23. The van der Waals surface area contributed by atoms with Gasteiger partial charge in [0.05, 0.1) is 22.9 Å². The smallest absolute Gasteiger partial charge is 0.180 e. The van der Waals surface area contributed by atoms with E-state index < -0.39 is 9.84 Å². The molecule has 108 valence electrons. The van der Waals surface area contributed by atoms with Crippen molar-refractivity contribution in [2.24, 2.45) is 0 Å². The van der Waals surface area contributed by atoms with E-state index >= 15 is 0 Å².